The van der Waals surface area contributed by atoms with E-state index < -0.39 is 0 Å². The van der Waals surface area contributed by atoms with E-state index in [1.807, 2.05) is 49.4 Å². The van der Waals surface area contributed by atoms with Gasteiger partial charge in [0.15, 0.2) is 0 Å². The molecule has 3 aromatic rings. The average molecular weight is 285 g/mol. The second kappa shape index (κ2) is 5.10. The largest absolute Gasteiger partial charge is 0.268 e. The van der Waals surface area contributed by atoms with Crippen LogP contribution in [-0.4, -0.2) is 9.55 Å². The van der Waals surface area contributed by atoms with Gasteiger partial charge in [-0.15, -0.1) is 0 Å². The zero-order chi connectivity index (χ0) is 14.1. The Balaban J connectivity index is 2.45. The van der Waals surface area contributed by atoms with Gasteiger partial charge in [0, 0.05) is 6.42 Å². The minimum atomic E-state index is -0.122. The number of benzene rings is 2. The van der Waals surface area contributed by atoms with Crippen LogP contribution < -0.4 is 5.56 Å². The zero-order valence-electron chi connectivity index (χ0n) is 11.0. The first-order valence-electron chi connectivity index (χ1n) is 6.48. The maximum absolute atomic E-state index is 12.8. The summed E-state index contributed by atoms with van der Waals surface area (Å²) in [6.45, 7) is 1.98. The summed E-state index contributed by atoms with van der Waals surface area (Å²) in [6, 6.07) is 14.8. The van der Waals surface area contributed by atoms with Crippen molar-refractivity contribution >= 4 is 22.5 Å². The van der Waals surface area contributed by atoms with E-state index in [9.17, 15) is 4.79 Å². The van der Waals surface area contributed by atoms with E-state index in [0.717, 1.165) is 11.5 Å². The van der Waals surface area contributed by atoms with Gasteiger partial charge >= 0.3 is 0 Å². The molecule has 3 nitrogen and oxygen atoms in total. The van der Waals surface area contributed by atoms with Crippen molar-refractivity contribution in [3.63, 3.8) is 0 Å². The van der Waals surface area contributed by atoms with Gasteiger partial charge in [0.1, 0.15) is 5.82 Å². The fourth-order valence-corrected chi connectivity index (χ4v) is 2.57. The number of hydrogen-bond donors (Lipinski definition) is 0. The van der Waals surface area contributed by atoms with E-state index in [1.54, 1.807) is 10.6 Å². The van der Waals surface area contributed by atoms with Crippen LogP contribution in [-0.2, 0) is 6.42 Å². The molecule has 4 heteroatoms. The van der Waals surface area contributed by atoms with Crippen molar-refractivity contribution in [3.8, 4) is 5.69 Å². The lowest BCUT2D eigenvalue weighted by atomic mass is 10.2. The first kappa shape index (κ1) is 12.9. The van der Waals surface area contributed by atoms with Gasteiger partial charge in [0.2, 0.25) is 0 Å². The molecule has 0 aliphatic carbocycles. The Bertz CT molecular complexity index is 825. The van der Waals surface area contributed by atoms with E-state index in [-0.39, 0.29) is 5.56 Å². The number of nitrogens with zero attached hydrogens (tertiary/aromatic N) is 2. The van der Waals surface area contributed by atoms with Gasteiger partial charge in [-0.1, -0.05) is 42.8 Å². The highest BCUT2D eigenvalue weighted by atomic mass is 35.5. The highest BCUT2D eigenvalue weighted by Crippen LogP contribution is 2.20. The maximum Gasteiger partial charge on any atom is 0.267 e. The van der Waals surface area contributed by atoms with Gasteiger partial charge in [0.25, 0.3) is 5.56 Å². The van der Waals surface area contributed by atoms with Crippen molar-refractivity contribution in [1.82, 2.24) is 9.55 Å². The molecule has 1 heterocycles. The van der Waals surface area contributed by atoms with Gasteiger partial charge in [-0.05, 0) is 24.3 Å². The second-order valence-corrected chi connectivity index (χ2v) is 4.90. The molecule has 0 saturated heterocycles. The Morgan fingerprint density at radius 3 is 2.55 bits per heavy atom. The van der Waals surface area contributed by atoms with Gasteiger partial charge in [-0.3, -0.25) is 9.36 Å². The summed E-state index contributed by atoms with van der Waals surface area (Å²) in [4.78, 5) is 17.3. The summed E-state index contributed by atoms with van der Waals surface area (Å²) in [7, 11) is 0. The molecule has 0 spiro atoms. The van der Waals surface area contributed by atoms with Crippen LogP contribution in [0, 0.1) is 0 Å². The normalized spacial score (nSPS) is 10.9. The van der Waals surface area contributed by atoms with Crippen molar-refractivity contribution in [3.05, 3.63) is 69.7 Å². The molecule has 20 heavy (non-hydrogen) atoms. The van der Waals surface area contributed by atoms with E-state index in [2.05, 4.69) is 4.98 Å². The van der Waals surface area contributed by atoms with Crippen molar-refractivity contribution in [1.29, 1.82) is 0 Å². The lowest BCUT2D eigenvalue weighted by molar-refractivity contribution is 0.833. The molecule has 0 atom stereocenters. The quantitative estimate of drug-likeness (QED) is 0.721. The van der Waals surface area contributed by atoms with Crippen LogP contribution >= 0.6 is 11.6 Å². The molecule has 3 rings (SSSR count). The first-order valence-corrected chi connectivity index (χ1v) is 6.85. The number of rotatable bonds is 2. The van der Waals surface area contributed by atoms with Crippen molar-refractivity contribution in [2.75, 3.05) is 0 Å². The smallest absolute Gasteiger partial charge is 0.267 e. The molecule has 0 amide bonds. The number of aryl methyl sites for hydroxylation is 1. The third kappa shape index (κ3) is 2.00. The molecule has 0 saturated carbocycles. The SMILES string of the molecule is CCc1nc2cccc(Cl)c2c(=O)n1-c1ccccc1. The van der Waals surface area contributed by atoms with Gasteiger partial charge in [-0.25, -0.2) is 4.98 Å². The summed E-state index contributed by atoms with van der Waals surface area (Å²) in [5.41, 5.74) is 1.33. The molecule has 0 aliphatic heterocycles. The lowest BCUT2D eigenvalue weighted by Gasteiger charge is -2.12. The number of halogens is 1. The number of aromatic nitrogens is 2. The van der Waals surface area contributed by atoms with Gasteiger partial charge in [-0.2, -0.15) is 0 Å². The molecular formula is C16H13ClN2O. The number of fused-ring (bicyclic) bond motifs is 1. The second-order valence-electron chi connectivity index (χ2n) is 4.49. The van der Waals surface area contributed by atoms with Gasteiger partial charge in [0.05, 0.1) is 21.6 Å². The third-order valence-electron chi connectivity index (χ3n) is 3.25. The van der Waals surface area contributed by atoms with Crippen LogP contribution in [0.25, 0.3) is 16.6 Å². The summed E-state index contributed by atoms with van der Waals surface area (Å²) in [6.07, 6.45) is 0.673. The minimum absolute atomic E-state index is 0.122. The number of para-hydroxylation sites is 1. The third-order valence-corrected chi connectivity index (χ3v) is 3.56. The van der Waals surface area contributed by atoms with Crippen molar-refractivity contribution < 1.29 is 0 Å². The standard InChI is InChI=1S/C16H13ClN2O/c1-2-14-18-13-10-6-9-12(17)15(13)16(20)19(14)11-7-4-3-5-8-11/h3-10H,2H2,1H3. The number of hydrogen-bond acceptors (Lipinski definition) is 2. The highest BCUT2D eigenvalue weighted by molar-refractivity contribution is 6.35. The molecule has 0 unspecified atom stereocenters. The molecule has 1 aromatic heterocycles. The molecule has 0 radical (unpaired) electrons. The Morgan fingerprint density at radius 1 is 1.10 bits per heavy atom. The Kier molecular flexibility index (Phi) is 3.28. The Morgan fingerprint density at radius 2 is 1.85 bits per heavy atom. The molecule has 100 valence electrons. The van der Waals surface area contributed by atoms with Crippen LogP contribution in [0.2, 0.25) is 5.02 Å². The van der Waals surface area contributed by atoms with Crippen molar-refractivity contribution in [2.24, 2.45) is 0 Å². The topological polar surface area (TPSA) is 34.9 Å². The lowest BCUT2D eigenvalue weighted by Crippen LogP contribution is -2.23. The zero-order valence-corrected chi connectivity index (χ0v) is 11.8. The minimum Gasteiger partial charge on any atom is -0.268 e. The van der Waals surface area contributed by atoms with Crippen LogP contribution in [0.3, 0.4) is 0 Å². The maximum atomic E-state index is 12.8. The molecular weight excluding hydrogens is 272 g/mol. The first-order chi connectivity index (χ1) is 9.72. The Hall–Kier alpha value is -2.13. The van der Waals surface area contributed by atoms with E-state index >= 15 is 0 Å². The fraction of sp³-hybridized carbons (Fsp3) is 0.125. The summed E-state index contributed by atoms with van der Waals surface area (Å²) >= 11 is 6.16. The van der Waals surface area contributed by atoms with Crippen LogP contribution in [0.4, 0.5) is 0 Å². The highest BCUT2D eigenvalue weighted by Gasteiger charge is 2.13. The molecule has 0 N–H and O–H groups in total. The summed E-state index contributed by atoms with van der Waals surface area (Å²) in [5.74, 6) is 0.732. The monoisotopic (exact) mass is 284 g/mol. The Labute approximate surface area is 121 Å². The molecule has 0 aliphatic rings. The van der Waals surface area contributed by atoms with Gasteiger partial charge < -0.3 is 0 Å². The van der Waals surface area contributed by atoms with Crippen LogP contribution in [0.15, 0.2) is 53.3 Å². The fourth-order valence-electron chi connectivity index (χ4n) is 2.32. The average Bonchev–Trinajstić information content (AvgIpc) is 2.47. The van der Waals surface area contributed by atoms with Crippen molar-refractivity contribution in [2.45, 2.75) is 13.3 Å². The summed E-state index contributed by atoms with van der Waals surface area (Å²) < 4.78 is 1.63. The molecule has 0 fully saturated rings. The molecule has 0 bridgehead atoms. The summed E-state index contributed by atoms with van der Waals surface area (Å²) in [5, 5.41) is 0.905. The van der Waals surface area contributed by atoms with Crippen LogP contribution in [0.1, 0.15) is 12.7 Å². The van der Waals surface area contributed by atoms with E-state index in [4.69, 9.17) is 11.6 Å². The predicted octanol–water partition coefficient (Wildman–Crippen LogP) is 3.60. The van der Waals surface area contributed by atoms with E-state index in [0.29, 0.717) is 22.3 Å². The van der Waals surface area contributed by atoms with E-state index in [1.165, 1.54) is 0 Å². The predicted molar refractivity (Wildman–Crippen MR) is 81.7 cm³/mol. The van der Waals surface area contributed by atoms with Crippen LogP contribution in [0.5, 0.6) is 0 Å². The molecule has 2 aromatic carbocycles.